The van der Waals surface area contributed by atoms with Gasteiger partial charge in [-0.2, -0.15) is 0 Å². The number of benzene rings is 1. The summed E-state index contributed by atoms with van der Waals surface area (Å²) in [5.74, 6) is -1.65. The van der Waals surface area contributed by atoms with E-state index in [0.717, 1.165) is 29.9 Å². The number of carbonyl (C=O) groups is 3. The average molecular weight is 330 g/mol. The SMILES string of the molecule is Cc1cc(C2CCC(=O)NC2=O)ccc1N1CCC(C(=O)O)CC1. The van der Waals surface area contributed by atoms with Gasteiger partial charge in [0.25, 0.3) is 0 Å². The summed E-state index contributed by atoms with van der Waals surface area (Å²) in [5, 5.41) is 11.5. The lowest BCUT2D eigenvalue weighted by atomic mass is 9.89. The summed E-state index contributed by atoms with van der Waals surface area (Å²) in [4.78, 5) is 36.5. The van der Waals surface area contributed by atoms with Crippen LogP contribution in [0.5, 0.6) is 0 Å². The summed E-state index contributed by atoms with van der Waals surface area (Å²) in [5.41, 5.74) is 3.10. The first kappa shape index (κ1) is 16.5. The van der Waals surface area contributed by atoms with Crippen molar-refractivity contribution in [2.75, 3.05) is 18.0 Å². The van der Waals surface area contributed by atoms with Crippen LogP contribution in [0, 0.1) is 12.8 Å². The first-order valence-electron chi connectivity index (χ1n) is 8.37. The highest BCUT2D eigenvalue weighted by Crippen LogP contribution is 2.31. The zero-order valence-electron chi connectivity index (χ0n) is 13.7. The first-order valence-corrected chi connectivity index (χ1v) is 8.37. The summed E-state index contributed by atoms with van der Waals surface area (Å²) in [6.07, 6.45) is 2.24. The van der Waals surface area contributed by atoms with Crippen LogP contribution in [0.4, 0.5) is 5.69 Å². The van der Waals surface area contributed by atoms with Gasteiger partial charge in [0.05, 0.1) is 11.8 Å². The maximum absolute atomic E-state index is 12.0. The normalized spacial score (nSPS) is 22.4. The Morgan fingerprint density at radius 3 is 2.50 bits per heavy atom. The quantitative estimate of drug-likeness (QED) is 0.826. The highest BCUT2D eigenvalue weighted by atomic mass is 16.4. The van der Waals surface area contributed by atoms with Gasteiger partial charge in [0.2, 0.25) is 11.8 Å². The minimum absolute atomic E-state index is 0.203. The molecule has 0 spiro atoms. The fourth-order valence-corrected chi connectivity index (χ4v) is 3.63. The second kappa shape index (κ2) is 6.63. The molecule has 2 heterocycles. The van der Waals surface area contributed by atoms with Crippen LogP contribution in [-0.2, 0) is 14.4 Å². The van der Waals surface area contributed by atoms with Gasteiger partial charge in [0, 0.05) is 25.2 Å². The van der Waals surface area contributed by atoms with Crippen LogP contribution in [0.25, 0.3) is 0 Å². The summed E-state index contributed by atoms with van der Waals surface area (Å²) in [6.45, 7) is 3.47. The van der Waals surface area contributed by atoms with Crippen molar-refractivity contribution in [3.05, 3.63) is 29.3 Å². The molecule has 2 aliphatic heterocycles. The Balaban J connectivity index is 1.73. The predicted octanol–water partition coefficient (Wildman–Crippen LogP) is 1.82. The molecule has 1 unspecified atom stereocenters. The van der Waals surface area contributed by atoms with Gasteiger partial charge in [-0.3, -0.25) is 19.7 Å². The molecule has 2 saturated heterocycles. The second-order valence-corrected chi connectivity index (χ2v) is 6.65. The highest BCUT2D eigenvalue weighted by Gasteiger charge is 2.29. The molecule has 6 heteroatoms. The smallest absolute Gasteiger partial charge is 0.306 e. The van der Waals surface area contributed by atoms with Crippen LogP contribution in [0.3, 0.4) is 0 Å². The standard InChI is InChI=1S/C18H22N2O4/c1-11-10-13(14-3-5-16(21)19-17(14)22)2-4-15(11)20-8-6-12(7-9-20)18(23)24/h2,4,10,12,14H,3,5-9H2,1H3,(H,23,24)(H,19,21,22). The Bertz CT molecular complexity index is 678. The fraction of sp³-hybridized carbons (Fsp3) is 0.500. The average Bonchev–Trinajstić information content (AvgIpc) is 2.55. The molecule has 0 aromatic heterocycles. The molecule has 6 nitrogen and oxygen atoms in total. The monoisotopic (exact) mass is 330 g/mol. The van der Waals surface area contributed by atoms with E-state index in [1.807, 2.05) is 25.1 Å². The predicted molar refractivity (Wildman–Crippen MR) is 88.9 cm³/mol. The third kappa shape index (κ3) is 3.27. The zero-order valence-corrected chi connectivity index (χ0v) is 13.7. The van der Waals surface area contributed by atoms with E-state index >= 15 is 0 Å². The largest absolute Gasteiger partial charge is 0.481 e. The molecule has 0 aliphatic carbocycles. The molecule has 0 saturated carbocycles. The molecule has 2 aliphatic rings. The van der Waals surface area contributed by atoms with Gasteiger partial charge in [0.15, 0.2) is 0 Å². The summed E-state index contributed by atoms with van der Waals surface area (Å²) in [6, 6.07) is 5.97. The van der Waals surface area contributed by atoms with Gasteiger partial charge < -0.3 is 10.0 Å². The third-order valence-electron chi connectivity index (χ3n) is 5.05. The van der Waals surface area contributed by atoms with Crippen LogP contribution in [0.1, 0.15) is 42.7 Å². The number of aliphatic carboxylic acids is 1. The molecule has 1 atom stereocenters. The Morgan fingerprint density at radius 2 is 1.92 bits per heavy atom. The van der Waals surface area contributed by atoms with Crippen LogP contribution in [-0.4, -0.2) is 36.0 Å². The summed E-state index contributed by atoms with van der Waals surface area (Å²) >= 11 is 0. The van der Waals surface area contributed by atoms with E-state index in [1.165, 1.54) is 0 Å². The van der Waals surface area contributed by atoms with Crippen molar-refractivity contribution in [3.63, 3.8) is 0 Å². The van der Waals surface area contributed by atoms with E-state index in [2.05, 4.69) is 10.2 Å². The molecule has 0 radical (unpaired) electrons. The van der Waals surface area contributed by atoms with Gasteiger partial charge in [0.1, 0.15) is 0 Å². The van der Waals surface area contributed by atoms with E-state index in [9.17, 15) is 14.4 Å². The molecular formula is C18H22N2O4. The van der Waals surface area contributed by atoms with Gasteiger partial charge in [-0.25, -0.2) is 0 Å². The van der Waals surface area contributed by atoms with E-state index in [-0.39, 0.29) is 23.7 Å². The molecule has 0 bridgehead atoms. The number of hydrogen-bond acceptors (Lipinski definition) is 4. The van der Waals surface area contributed by atoms with Crippen molar-refractivity contribution in [1.29, 1.82) is 0 Å². The minimum atomic E-state index is -0.709. The van der Waals surface area contributed by atoms with Crippen molar-refractivity contribution in [2.45, 2.75) is 38.5 Å². The van der Waals surface area contributed by atoms with Crippen LogP contribution >= 0.6 is 0 Å². The van der Waals surface area contributed by atoms with Crippen molar-refractivity contribution in [3.8, 4) is 0 Å². The lowest BCUT2D eigenvalue weighted by Crippen LogP contribution is -2.39. The number of imide groups is 1. The lowest BCUT2D eigenvalue weighted by molar-refractivity contribution is -0.142. The topological polar surface area (TPSA) is 86.7 Å². The first-order chi connectivity index (χ1) is 11.5. The second-order valence-electron chi connectivity index (χ2n) is 6.65. The van der Waals surface area contributed by atoms with Crippen LogP contribution < -0.4 is 10.2 Å². The Kier molecular flexibility index (Phi) is 4.55. The molecular weight excluding hydrogens is 308 g/mol. The van der Waals surface area contributed by atoms with Crippen molar-refractivity contribution < 1.29 is 19.5 Å². The molecule has 2 N–H and O–H groups in total. The number of carbonyl (C=O) groups excluding carboxylic acids is 2. The number of hydrogen-bond donors (Lipinski definition) is 2. The number of nitrogens with zero attached hydrogens (tertiary/aromatic N) is 1. The number of piperidine rings is 2. The van der Waals surface area contributed by atoms with Crippen LogP contribution in [0.2, 0.25) is 0 Å². The van der Waals surface area contributed by atoms with E-state index in [0.29, 0.717) is 25.7 Å². The number of aryl methyl sites for hydroxylation is 1. The van der Waals surface area contributed by atoms with E-state index in [1.54, 1.807) is 0 Å². The van der Waals surface area contributed by atoms with E-state index in [4.69, 9.17) is 5.11 Å². The molecule has 3 rings (SSSR count). The van der Waals surface area contributed by atoms with Gasteiger partial charge in [-0.05, 0) is 43.4 Å². The Morgan fingerprint density at radius 1 is 1.21 bits per heavy atom. The molecule has 24 heavy (non-hydrogen) atoms. The number of rotatable bonds is 3. The molecule has 2 fully saturated rings. The zero-order chi connectivity index (χ0) is 17.3. The summed E-state index contributed by atoms with van der Waals surface area (Å²) < 4.78 is 0. The highest BCUT2D eigenvalue weighted by molar-refractivity contribution is 6.01. The molecule has 1 aromatic rings. The number of anilines is 1. The Labute approximate surface area is 140 Å². The van der Waals surface area contributed by atoms with Crippen molar-refractivity contribution in [1.82, 2.24) is 5.32 Å². The van der Waals surface area contributed by atoms with Gasteiger partial charge >= 0.3 is 5.97 Å². The minimum Gasteiger partial charge on any atom is -0.481 e. The van der Waals surface area contributed by atoms with Crippen molar-refractivity contribution >= 4 is 23.5 Å². The number of carboxylic acids is 1. The lowest BCUT2D eigenvalue weighted by Gasteiger charge is -2.33. The number of amides is 2. The third-order valence-corrected chi connectivity index (χ3v) is 5.05. The molecule has 1 aromatic carbocycles. The maximum atomic E-state index is 12.0. The van der Waals surface area contributed by atoms with Gasteiger partial charge in [-0.1, -0.05) is 12.1 Å². The number of carboxylic acid groups (broad SMARTS) is 1. The molecule has 2 amide bonds. The molecule has 128 valence electrons. The maximum Gasteiger partial charge on any atom is 0.306 e. The number of nitrogens with one attached hydrogen (secondary N) is 1. The van der Waals surface area contributed by atoms with Crippen LogP contribution in [0.15, 0.2) is 18.2 Å². The van der Waals surface area contributed by atoms with Crippen molar-refractivity contribution in [2.24, 2.45) is 5.92 Å². The summed E-state index contributed by atoms with van der Waals surface area (Å²) in [7, 11) is 0. The van der Waals surface area contributed by atoms with Gasteiger partial charge in [-0.15, -0.1) is 0 Å². The van der Waals surface area contributed by atoms with E-state index < -0.39 is 5.97 Å². The fourth-order valence-electron chi connectivity index (χ4n) is 3.63. The Hall–Kier alpha value is -2.37.